The van der Waals surface area contributed by atoms with Crippen LogP contribution in [0, 0.1) is 0 Å². The zero-order valence-corrected chi connectivity index (χ0v) is 8.12. The van der Waals surface area contributed by atoms with Crippen LogP contribution in [0.4, 0.5) is 0 Å². The van der Waals surface area contributed by atoms with E-state index in [2.05, 4.69) is 17.9 Å². The number of likely N-dealkylation sites (N-methyl/N-ethyl adjacent to an activating group) is 1. The first-order valence-electron chi connectivity index (χ1n) is 4.84. The molecule has 1 rings (SSSR count). The lowest BCUT2D eigenvalue weighted by Gasteiger charge is -2.24. The van der Waals surface area contributed by atoms with Crippen LogP contribution in [0.1, 0.15) is 26.2 Å². The number of rotatable bonds is 4. The van der Waals surface area contributed by atoms with Gasteiger partial charge in [-0.3, -0.25) is 9.69 Å². The standard InChI is InChI=1S/C10H17NO2/c1-2-11-7-5-9(6-8-11)3-4-10(12)13/h5H,2-4,6-8H2,1H3,(H,12,13). The maximum Gasteiger partial charge on any atom is 0.303 e. The third kappa shape index (κ3) is 3.59. The maximum atomic E-state index is 10.3. The van der Waals surface area contributed by atoms with Crippen molar-refractivity contribution in [2.24, 2.45) is 0 Å². The fourth-order valence-electron chi connectivity index (χ4n) is 1.54. The Morgan fingerprint density at radius 3 is 2.92 bits per heavy atom. The van der Waals surface area contributed by atoms with Gasteiger partial charge in [0, 0.05) is 19.5 Å². The molecule has 0 saturated carbocycles. The summed E-state index contributed by atoms with van der Waals surface area (Å²) >= 11 is 0. The molecule has 3 nitrogen and oxygen atoms in total. The third-order valence-electron chi connectivity index (χ3n) is 2.49. The number of nitrogens with zero attached hydrogens (tertiary/aromatic N) is 1. The van der Waals surface area contributed by atoms with E-state index in [1.807, 2.05) is 0 Å². The SMILES string of the molecule is CCN1CC=C(CCC(=O)O)CC1. The Morgan fingerprint density at radius 1 is 1.69 bits per heavy atom. The Kier molecular flexibility index (Phi) is 3.96. The highest BCUT2D eigenvalue weighted by molar-refractivity contribution is 5.67. The highest BCUT2D eigenvalue weighted by atomic mass is 16.4. The topological polar surface area (TPSA) is 40.5 Å². The molecular formula is C10H17NO2. The van der Waals surface area contributed by atoms with Gasteiger partial charge >= 0.3 is 5.97 Å². The quantitative estimate of drug-likeness (QED) is 0.671. The highest BCUT2D eigenvalue weighted by Gasteiger charge is 2.10. The van der Waals surface area contributed by atoms with Gasteiger partial charge in [0.15, 0.2) is 0 Å². The molecule has 0 unspecified atom stereocenters. The summed E-state index contributed by atoms with van der Waals surface area (Å²) in [5.41, 5.74) is 1.31. The minimum Gasteiger partial charge on any atom is -0.481 e. The summed E-state index contributed by atoms with van der Waals surface area (Å²) in [7, 11) is 0. The fraction of sp³-hybridized carbons (Fsp3) is 0.700. The minimum absolute atomic E-state index is 0.276. The van der Waals surface area contributed by atoms with Gasteiger partial charge in [-0.15, -0.1) is 0 Å². The molecular weight excluding hydrogens is 166 g/mol. The molecule has 0 radical (unpaired) electrons. The summed E-state index contributed by atoms with van der Waals surface area (Å²) < 4.78 is 0. The first-order chi connectivity index (χ1) is 6.22. The van der Waals surface area contributed by atoms with Crippen LogP contribution in [0.2, 0.25) is 0 Å². The molecule has 1 aliphatic rings. The van der Waals surface area contributed by atoms with Gasteiger partial charge in [0.1, 0.15) is 0 Å². The van der Waals surface area contributed by atoms with E-state index in [9.17, 15) is 4.79 Å². The van der Waals surface area contributed by atoms with Gasteiger partial charge in [0.05, 0.1) is 0 Å². The molecule has 1 heterocycles. The van der Waals surface area contributed by atoms with E-state index in [0.717, 1.165) is 32.5 Å². The zero-order chi connectivity index (χ0) is 9.68. The predicted octanol–water partition coefficient (Wildman–Crippen LogP) is 1.50. The van der Waals surface area contributed by atoms with Crippen LogP contribution in [0.25, 0.3) is 0 Å². The second-order valence-electron chi connectivity index (χ2n) is 3.40. The van der Waals surface area contributed by atoms with E-state index in [0.29, 0.717) is 0 Å². The molecule has 0 aromatic rings. The van der Waals surface area contributed by atoms with Gasteiger partial charge in [-0.25, -0.2) is 0 Å². The van der Waals surface area contributed by atoms with Gasteiger partial charge in [0.2, 0.25) is 0 Å². The smallest absolute Gasteiger partial charge is 0.303 e. The van der Waals surface area contributed by atoms with E-state index in [1.54, 1.807) is 0 Å². The molecule has 13 heavy (non-hydrogen) atoms. The first-order valence-corrected chi connectivity index (χ1v) is 4.84. The minimum atomic E-state index is -0.696. The molecule has 0 aliphatic carbocycles. The normalized spacial score (nSPS) is 18.4. The number of aliphatic carboxylic acids is 1. The Labute approximate surface area is 79.0 Å². The molecule has 3 heteroatoms. The number of carbonyl (C=O) groups is 1. The average Bonchev–Trinajstić information content (AvgIpc) is 2.15. The number of hydrogen-bond acceptors (Lipinski definition) is 2. The zero-order valence-electron chi connectivity index (χ0n) is 8.12. The van der Waals surface area contributed by atoms with Crippen LogP contribution in [-0.2, 0) is 4.79 Å². The molecule has 0 spiro atoms. The molecule has 0 aromatic heterocycles. The van der Waals surface area contributed by atoms with Gasteiger partial charge < -0.3 is 5.11 Å². The van der Waals surface area contributed by atoms with Gasteiger partial charge in [-0.2, -0.15) is 0 Å². The van der Waals surface area contributed by atoms with Crippen molar-refractivity contribution < 1.29 is 9.90 Å². The summed E-state index contributed by atoms with van der Waals surface area (Å²) in [6.07, 6.45) is 4.22. The molecule has 0 fully saturated rings. The van der Waals surface area contributed by atoms with Crippen molar-refractivity contribution in [2.45, 2.75) is 26.2 Å². The van der Waals surface area contributed by atoms with Crippen LogP contribution in [0.5, 0.6) is 0 Å². The summed E-state index contributed by atoms with van der Waals surface area (Å²) in [4.78, 5) is 12.7. The number of carboxylic acids is 1. The Hall–Kier alpha value is -0.830. The molecule has 1 N–H and O–H groups in total. The molecule has 0 saturated heterocycles. The van der Waals surface area contributed by atoms with Crippen molar-refractivity contribution in [1.29, 1.82) is 0 Å². The van der Waals surface area contributed by atoms with Crippen LogP contribution in [-0.4, -0.2) is 35.6 Å². The van der Waals surface area contributed by atoms with E-state index in [1.165, 1.54) is 5.57 Å². The Balaban J connectivity index is 2.29. The van der Waals surface area contributed by atoms with Crippen LogP contribution >= 0.6 is 0 Å². The molecule has 1 aliphatic heterocycles. The van der Waals surface area contributed by atoms with Crippen molar-refractivity contribution in [3.8, 4) is 0 Å². The monoisotopic (exact) mass is 183 g/mol. The van der Waals surface area contributed by atoms with Crippen molar-refractivity contribution in [2.75, 3.05) is 19.6 Å². The largest absolute Gasteiger partial charge is 0.481 e. The highest BCUT2D eigenvalue weighted by Crippen LogP contribution is 2.15. The molecule has 0 aromatic carbocycles. The lowest BCUT2D eigenvalue weighted by Crippen LogP contribution is -2.28. The third-order valence-corrected chi connectivity index (χ3v) is 2.49. The van der Waals surface area contributed by atoms with Gasteiger partial charge in [-0.05, 0) is 19.4 Å². The molecule has 0 atom stereocenters. The lowest BCUT2D eigenvalue weighted by molar-refractivity contribution is -0.136. The fourth-order valence-corrected chi connectivity index (χ4v) is 1.54. The second-order valence-corrected chi connectivity index (χ2v) is 3.40. The van der Waals surface area contributed by atoms with E-state index >= 15 is 0 Å². The predicted molar refractivity (Wildman–Crippen MR) is 51.7 cm³/mol. The van der Waals surface area contributed by atoms with Gasteiger partial charge in [0.25, 0.3) is 0 Å². The Morgan fingerprint density at radius 2 is 2.46 bits per heavy atom. The van der Waals surface area contributed by atoms with E-state index < -0.39 is 5.97 Å². The summed E-state index contributed by atoms with van der Waals surface area (Å²) in [6, 6.07) is 0. The molecule has 74 valence electrons. The van der Waals surface area contributed by atoms with Crippen molar-refractivity contribution in [3.63, 3.8) is 0 Å². The maximum absolute atomic E-state index is 10.3. The number of carboxylic acid groups (broad SMARTS) is 1. The summed E-state index contributed by atoms with van der Waals surface area (Å²) in [6.45, 7) is 5.31. The average molecular weight is 183 g/mol. The van der Waals surface area contributed by atoms with E-state index in [4.69, 9.17) is 5.11 Å². The van der Waals surface area contributed by atoms with Crippen LogP contribution in [0.15, 0.2) is 11.6 Å². The lowest BCUT2D eigenvalue weighted by atomic mass is 10.0. The summed E-state index contributed by atoms with van der Waals surface area (Å²) in [5, 5.41) is 8.50. The molecule has 0 bridgehead atoms. The van der Waals surface area contributed by atoms with Crippen LogP contribution in [0.3, 0.4) is 0 Å². The van der Waals surface area contributed by atoms with Crippen molar-refractivity contribution in [3.05, 3.63) is 11.6 Å². The van der Waals surface area contributed by atoms with Gasteiger partial charge in [-0.1, -0.05) is 18.6 Å². The second kappa shape index (κ2) is 5.02. The van der Waals surface area contributed by atoms with Crippen molar-refractivity contribution in [1.82, 2.24) is 4.90 Å². The number of hydrogen-bond donors (Lipinski definition) is 1. The van der Waals surface area contributed by atoms with Crippen molar-refractivity contribution >= 4 is 5.97 Å². The van der Waals surface area contributed by atoms with Crippen LogP contribution < -0.4 is 0 Å². The van der Waals surface area contributed by atoms with E-state index in [-0.39, 0.29) is 6.42 Å². The molecule has 0 amide bonds. The first kappa shape index (κ1) is 10.3. The Bertz CT molecular complexity index is 211. The summed E-state index contributed by atoms with van der Waals surface area (Å²) in [5.74, 6) is -0.696.